The number of carbonyl (C=O) groups is 1. The van der Waals surface area contributed by atoms with Gasteiger partial charge in [-0.3, -0.25) is 0 Å². The lowest BCUT2D eigenvalue weighted by Crippen LogP contribution is -1.94. The highest BCUT2D eigenvalue weighted by atomic mass is 127. The van der Waals surface area contributed by atoms with Crippen LogP contribution < -0.4 is 4.74 Å². The first-order valence-corrected chi connectivity index (χ1v) is 6.51. The lowest BCUT2D eigenvalue weighted by atomic mass is 10.1. The van der Waals surface area contributed by atoms with Gasteiger partial charge in [0.2, 0.25) is 0 Å². The van der Waals surface area contributed by atoms with Crippen LogP contribution in [0.3, 0.4) is 0 Å². The maximum absolute atomic E-state index is 10.9. The molecule has 1 N–H and O–H groups in total. The fourth-order valence-electron chi connectivity index (χ4n) is 1.36. The molecule has 0 bridgehead atoms. The molecule has 4 nitrogen and oxygen atoms in total. The maximum atomic E-state index is 10.9. The number of aromatic carboxylic acids is 1. The second kappa shape index (κ2) is 5.01. The van der Waals surface area contributed by atoms with Crippen LogP contribution in [0.25, 0.3) is 11.3 Å². The molecule has 0 radical (unpaired) electrons. The fourth-order valence-corrected chi connectivity index (χ4v) is 3.12. The van der Waals surface area contributed by atoms with Crippen molar-refractivity contribution in [3.8, 4) is 17.0 Å². The SMILES string of the molecule is COc1cccc(-c2nsc(C(=O)O)c2I)c1. The standard InChI is InChI=1S/C11H8INO3S/c1-16-7-4-2-3-6(5-7)9-8(12)10(11(14)15)17-13-9/h2-5H,1H3,(H,14,15). The van der Waals surface area contributed by atoms with Crippen molar-refractivity contribution in [1.29, 1.82) is 0 Å². The zero-order chi connectivity index (χ0) is 12.4. The summed E-state index contributed by atoms with van der Waals surface area (Å²) in [5.74, 6) is -0.218. The number of halogens is 1. The third kappa shape index (κ3) is 2.42. The van der Waals surface area contributed by atoms with Crippen molar-refractivity contribution in [2.75, 3.05) is 7.11 Å². The van der Waals surface area contributed by atoms with Crippen LogP contribution in [-0.4, -0.2) is 22.6 Å². The highest BCUT2D eigenvalue weighted by Crippen LogP contribution is 2.31. The van der Waals surface area contributed by atoms with Crippen LogP contribution in [0.1, 0.15) is 9.67 Å². The number of ether oxygens (including phenoxy) is 1. The molecule has 0 aliphatic rings. The van der Waals surface area contributed by atoms with E-state index in [0.717, 1.165) is 22.8 Å². The molecule has 2 aromatic rings. The zero-order valence-corrected chi connectivity index (χ0v) is 11.8. The predicted octanol–water partition coefficient (Wildman–Crippen LogP) is 3.12. The molecular formula is C11H8INO3S. The second-order valence-corrected chi connectivity index (χ2v) is 5.06. The second-order valence-electron chi connectivity index (χ2n) is 3.21. The van der Waals surface area contributed by atoms with E-state index in [4.69, 9.17) is 9.84 Å². The third-order valence-corrected chi connectivity index (χ3v) is 4.42. The molecule has 0 fully saturated rings. The van der Waals surface area contributed by atoms with Crippen molar-refractivity contribution >= 4 is 40.1 Å². The van der Waals surface area contributed by atoms with Gasteiger partial charge in [0.1, 0.15) is 10.6 Å². The number of hydrogen-bond donors (Lipinski definition) is 1. The first-order chi connectivity index (χ1) is 8.13. The molecule has 1 aromatic carbocycles. The van der Waals surface area contributed by atoms with Gasteiger partial charge in [0.25, 0.3) is 0 Å². The first-order valence-electron chi connectivity index (χ1n) is 4.66. The summed E-state index contributed by atoms with van der Waals surface area (Å²) in [7, 11) is 1.59. The van der Waals surface area contributed by atoms with Crippen LogP contribution in [-0.2, 0) is 0 Å². The van der Waals surface area contributed by atoms with Crippen molar-refractivity contribution in [1.82, 2.24) is 4.37 Å². The number of carboxylic acids is 1. The van der Waals surface area contributed by atoms with Gasteiger partial charge in [-0.05, 0) is 46.3 Å². The van der Waals surface area contributed by atoms with Gasteiger partial charge in [-0.1, -0.05) is 12.1 Å². The Morgan fingerprint density at radius 3 is 2.88 bits per heavy atom. The summed E-state index contributed by atoms with van der Waals surface area (Å²) >= 11 is 3.00. The lowest BCUT2D eigenvalue weighted by Gasteiger charge is -2.02. The van der Waals surface area contributed by atoms with Gasteiger partial charge in [-0.25, -0.2) is 4.79 Å². The molecule has 0 amide bonds. The lowest BCUT2D eigenvalue weighted by molar-refractivity contribution is 0.0701. The molecule has 1 heterocycles. The topological polar surface area (TPSA) is 59.4 Å². The highest BCUT2D eigenvalue weighted by Gasteiger charge is 2.18. The molecule has 0 saturated carbocycles. The number of carboxylic acid groups (broad SMARTS) is 1. The van der Waals surface area contributed by atoms with E-state index in [1.165, 1.54) is 0 Å². The molecule has 0 saturated heterocycles. The molecule has 17 heavy (non-hydrogen) atoms. The molecule has 0 unspecified atom stereocenters. The average Bonchev–Trinajstić information content (AvgIpc) is 2.71. The maximum Gasteiger partial charge on any atom is 0.348 e. The Bertz CT molecular complexity index is 568. The van der Waals surface area contributed by atoms with Crippen LogP contribution >= 0.6 is 34.1 Å². The summed E-state index contributed by atoms with van der Waals surface area (Å²) in [4.78, 5) is 11.2. The fraction of sp³-hybridized carbons (Fsp3) is 0.0909. The summed E-state index contributed by atoms with van der Waals surface area (Å²) in [6, 6.07) is 7.40. The zero-order valence-electron chi connectivity index (χ0n) is 8.81. The van der Waals surface area contributed by atoms with E-state index in [1.807, 2.05) is 46.9 Å². The van der Waals surface area contributed by atoms with Crippen molar-refractivity contribution < 1.29 is 14.6 Å². The smallest absolute Gasteiger partial charge is 0.348 e. The minimum atomic E-state index is -0.943. The van der Waals surface area contributed by atoms with E-state index >= 15 is 0 Å². The minimum absolute atomic E-state index is 0.267. The van der Waals surface area contributed by atoms with E-state index in [2.05, 4.69) is 4.37 Å². The van der Waals surface area contributed by atoms with E-state index in [1.54, 1.807) is 7.11 Å². The van der Waals surface area contributed by atoms with Gasteiger partial charge >= 0.3 is 5.97 Å². The molecule has 0 aliphatic heterocycles. The highest BCUT2D eigenvalue weighted by molar-refractivity contribution is 14.1. The number of benzene rings is 1. The molecule has 0 atom stereocenters. The summed E-state index contributed by atoms with van der Waals surface area (Å²) < 4.78 is 9.97. The molecule has 6 heteroatoms. The Morgan fingerprint density at radius 2 is 2.29 bits per heavy atom. The van der Waals surface area contributed by atoms with Crippen molar-refractivity contribution in [3.63, 3.8) is 0 Å². The van der Waals surface area contributed by atoms with Gasteiger partial charge in [0.05, 0.1) is 16.4 Å². The van der Waals surface area contributed by atoms with Crippen molar-refractivity contribution in [2.45, 2.75) is 0 Å². The number of hydrogen-bond acceptors (Lipinski definition) is 4. The number of nitrogens with zero attached hydrogens (tertiary/aromatic N) is 1. The Labute approximate surface area is 116 Å². The Kier molecular flexibility index (Phi) is 3.63. The van der Waals surface area contributed by atoms with E-state index < -0.39 is 5.97 Å². The van der Waals surface area contributed by atoms with Gasteiger partial charge in [0.15, 0.2) is 0 Å². The summed E-state index contributed by atoms with van der Waals surface area (Å²) in [6.45, 7) is 0. The quantitative estimate of drug-likeness (QED) is 0.854. The van der Waals surface area contributed by atoms with Crippen LogP contribution in [0.15, 0.2) is 24.3 Å². The van der Waals surface area contributed by atoms with E-state index in [0.29, 0.717) is 9.26 Å². The van der Waals surface area contributed by atoms with Crippen LogP contribution in [0.5, 0.6) is 5.75 Å². The summed E-state index contributed by atoms with van der Waals surface area (Å²) in [5.41, 5.74) is 1.55. The third-order valence-electron chi connectivity index (χ3n) is 2.17. The van der Waals surface area contributed by atoms with Gasteiger partial charge in [-0.15, -0.1) is 0 Å². The molecule has 0 spiro atoms. The van der Waals surface area contributed by atoms with Gasteiger partial charge < -0.3 is 9.84 Å². The van der Waals surface area contributed by atoms with Crippen LogP contribution in [0, 0.1) is 3.57 Å². The Balaban J connectivity index is 2.49. The van der Waals surface area contributed by atoms with Crippen molar-refractivity contribution in [3.05, 3.63) is 32.7 Å². The average molecular weight is 361 g/mol. The van der Waals surface area contributed by atoms with Crippen LogP contribution in [0.4, 0.5) is 0 Å². The van der Waals surface area contributed by atoms with Gasteiger partial charge in [0, 0.05) is 5.56 Å². The minimum Gasteiger partial charge on any atom is -0.497 e. The normalized spacial score (nSPS) is 10.2. The molecule has 2 rings (SSSR count). The van der Waals surface area contributed by atoms with Crippen LogP contribution in [0.2, 0.25) is 0 Å². The van der Waals surface area contributed by atoms with Crippen molar-refractivity contribution in [2.24, 2.45) is 0 Å². The largest absolute Gasteiger partial charge is 0.497 e. The van der Waals surface area contributed by atoms with E-state index in [-0.39, 0.29) is 4.88 Å². The Morgan fingerprint density at radius 1 is 1.53 bits per heavy atom. The van der Waals surface area contributed by atoms with E-state index in [9.17, 15) is 4.79 Å². The van der Waals surface area contributed by atoms with Gasteiger partial charge in [-0.2, -0.15) is 4.37 Å². The monoisotopic (exact) mass is 361 g/mol. The number of aromatic nitrogens is 1. The summed E-state index contributed by atoms with van der Waals surface area (Å²) in [6.07, 6.45) is 0. The summed E-state index contributed by atoms with van der Waals surface area (Å²) in [5, 5.41) is 8.97. The Hall–Kier alpha value is -1.15. The first kappa shape index (κ1) is 12.3. The predicted molar refractivity (Wildman–Crippen MR) is 73.8 cm³/mol. The number of rotatable bonds is 3. The molecule has 1 aromatic heterocycles. The number of methoxy groups -OCH3 is 1. The molecule has 88 valence electrons. The molecule has 0 aliphatic carbocycles. The molecular weight excluding hydrogens is 353 g/mol.